The molecular formula is C16H24N2O2. The zero-order valence-corrected chi connectivity index (χ0v) is 12.4. The molecule has 0 bridgehead atoms. The zero-order chi connectivity index (χ0) is 14.0. The highest BCUT2D eigenvalue weighted by atomic mass is 16.5. The second-order valence-corrected chi connectivity index (χ2v) is 5.96. The molecule has 4 nitrogen and oxygen atoms in total. The Morgan fingerprint density at radius 1 is 1.05 bits per heavy atom. The Balaban J connectivity index is 1.77. The van der Waals surface area contributed by atoms with Crippen LogP contribution in [0, 0.1) is 5.41 Å². The SMILES string of the molecule is COc1ccc(N2CCC3(CCNCC3)C2)cc1OC. The first-order valence-electron chi connectivity index (χ1n) is 7.44. The van der Waals surface area contributed by atoms with E-state index in [1.807, 2.05) is 6.07 Å². The van der Waals surface area contributed by atoms with E-state index >= 15 is 0 Å². The highest BCUT2D eigenvalue weighted by Gasteiger charge is 2.38. The summed E-state index contributed by atoms with van der Waals surface area (Å²) >= 11 is 0. The highest BCUT2D eigenvalue weighted by Crippen LogP contribution is 2.41. The van der Waals surface area contributed by atoms with Crippen molar-refractivity contribution in [3.8, 4) is 11.5 Å². The third-order valence-corrected chi connectivity index (χ3v) is 4.83. The van der Waals surface area contributed by atoms with Crippen molar-refractivity contribution in [1.82, 2.24) is 5.32 Å². The van der Waals surface area contributed by atoms with Crippen LogP contribution >= 0.6 is 0 Å². The van der Waals surface area contributed by atoms with Crippen LogP contribution in [0.1, 0.15) is 19.3 Å². The number of hydrogen-bond donors (Lipinski definition) is 1. The number of benzene rings is 1. The molecule has 20 heavy (non-hydrogen) atoms. The number of piperidine rings is 1. The highest BCUT2D eigenvalue weighted by molar-refractivity contribution is 5.57. The quantitative estimate of drug-likeness (QED) is 0.918. The number of nitrogens with one attached hydrogen (secondary N) is 1. The van der Waals surface area contributed by atoms with Gasteiger partial charge in [-0.1, -0.05) is 0 Å². The van der Waals surface area contributed by atoms with E-state index in [9.17, 15) is 0 Å². The van der Waals surface area contributed by atoms with E-state index < -0.39 is 0 Å². The van der Waals surface area contributed by atoms with Gasteiger partial charge in [-0.05, 0) is 49.9 Å². The Kier molecular flexibility index (Phi) is 3.74. The fourth-order valence-electron chi connectivity index (χ4n) is 3.54. The molecule has 0 radical (unpaired) electrons. The summed E-state index contributed by atoms with van der Waals surface area (Å²) in [6, 6.07) is 6.24. The van der Waals surface area contributed by atoms with Crippen molar-refractivity contribution in [1.29, 1.82) is 0 Å². The first-order valence-corrected chi connectivity index (χ1v) is 7.44. The summed E-state index contributed by atoms with van der Waals surface area (Å²) in [6.07, 6.45) is 3.91. The maximum Gasteiger partial charge on any atom is 0.162 e. The van der Waals surface area contributed by atoms with Crippen molar-refractivity contribution < 1.29 is 9.47 Å². The zero-order valence-electron chi connectivity index (χ0n) is 12.4. The summed E-state index contributed by atoms with van der Waals surface area (Å²) in [5.41, 5.74) is 1.77. The van der Waals surface area contributed by atoms with Crippen LogP contribution in [0.3, 0.4) is 0 Å². The number of rotatable bonds is 3. The Labute approximate surface area is 121 Å². The Morgan fingerprint density at radius 3 is 2.50 bits per heavy atom. The molecule has 0 aromatic heterocycles. The maximum absolute atomic E-state index is 5.41. The van der Waals surface area contributed by atoms with Crippen LogP contribution in [0.5, 0.6) is 11.5 Å². The van der Waals surface area contributed by atoms with Gasteiger partial charge >= 0.3 is 0 Å². The number of methoxy groups -OCH3 is 2. The van der Waals surface area contributed by atoms with Gasteiger partial charge < -0.3 is 19.7 Å². The molecule has 0 saturated carbocycles. The minimum atomic E-state index is 0.526. The molecule has 1 spiro atoms. The first-order chi connectivity index (χ1) is 9.76. The molecule has 2 aliphatic heterocycles. The predicted octanol–water partition coefficient (Wildman–Crippen LogP) is 2.28. The molecule has 2 aliphatic rings. The van der Waals surface area contributed by atoms with E-state index in [0.29, 0.717) is 5.41 Å². The molecular weight excluding hydrogens is 252 g/mol. The van der Waals surface area contributed by atoms with E-state index in [2.05, 4.69) is 22.3 Å². The van der Waals surface area contributed by atoms with Crippen LogP contribution in [0.25, 0.3) is 0 Å². The Hall–Kier alpha value is -1.42. The van der Waals surface area contributed by atoms with Gasteiger partial charge in [0.25, 0.3) is 0 Å². The normalized spacial score (nSPS) is 21.2. The summed E-state index contributed by atoms with van der Waals surface area (Å²) < 4.78 is 10.7. The summed E-state index contributed by atoms with van der Waals surface area (Å²) in [4.78, 5) is 2.49. The summed E-state index contributed by atoms with van der Waals surface area (Å²) in [6.45, 7) is 4.65. The smallest absolute Gasteiger partial charge is 0.162 e. The molecule has 110 valence electrons. The Morgan fingerprint density at radius 2 is 1.80 bits per heavy atom. The third-order valence-electron chi connectivity index (χ3n) is 4.83. The second-order valence-electron chi connectivity index (χ2n) is 5.96. The number of anilines is 1. The van der Waals surface area contributed by atoms with Gasteiger partial charge in [0.2, 0.25) is 0 Å². The minimum absolute atomic E-state index is 0.526. The van der Waals surface area contributed by atoms with Gasteiger partial charge in [-0.25, -0.2) is 0 Å². The summed E-state index contributed by atoms with van der Waals surface area (Å²) in [5, 5.41) is 3.47. The molecule has 0 amide bonds. The third kappa shape index (κ3) is 2.44. The molecule has 4 heteroatoms. The molecule has 2 heterocycles. The maximum atomic E-state index is 5.41. The van der Waals surface area contributed by atoms with Crippen molar-refractivity contribution in [2.45, 2.75) is 19.3 Å². The van der Waals surface area contributed by atoms with E-state index in [-0.39, 0.29) is 0 Å². The topological polar surface area (TPSA) is 33.7 Å². The standard InChI is InChI=1S/C16H24N2O2/c1-19-14-4-3-13(11-15(14)20-2)18-10-7-16(12-18)5-8-17-9-6-16/h3-4,11,17H,5-10,12H2,1-2H3. The van der Waals surface area contributed by atoms with Gasteiger partial charge in [-0.2, -0.15) is 0 Å². The number of hydrogen-bond acceptors (Lipinski definition) is 4. The van der Waals surface area contributed by atoms with Gasteiger partial charge in [-0.3, -0.25) is 0 Å². The Bertz CT molecular complexity index is 470. The molecule has 0 atom stereocenters. The van der Waals surface area contributed by atoms with E-state index in [1.54, 1.807) is 14.2 Å². The van der Waals surface area contributed by atoms with Crippen molar-refractivity contribution in [3.05, 3.63) is 18.2 Å². The molecule has 2 saturated heterocycles. The average molecular weight is 276 g/mol. The summed E-state index contributed by atoms with van der Waals surface area (Å²) in [7, 11) is 3.37. The lowest BCUT2D eigenvalue weighted by Gasteiger charge is -2.34. The second kappa shape index (κ2) is 5.52. The van der Waals surface area contributed by atoms with Crippen LogP contribution in [-0.2, 0) is 0 Å². The van der Waals surface area contributed by atoms with Gasteiger partial charge in [0, 0.05) is 24.8 Å². The number of nitrogens with zero attached hydrogens (tertiary/aromatic N) is 1. The lowest BCUT2D eigenvalue weighted by Crippen LogP contribution is -2.38. The largest absolute Gasteiger partial charge is 0.493 e. The fraction of sp³-hybridized carbons (Fsp3) is 0.625. The summed E-state index contributed by atoms with van der Waals surface area (Å²) in [5.74, 6) is 1.61. The molecule has 0 aliphatic carbocycles. The first kappa shape index (κ1) is 13.6. The molecule has 1 aromatic carbocycles. The lowest BCUT2D eigenvalue weighted by molar-refractivity contribution is 0.232. The van der Waals surface area contributed by atoms with Gasteiger partial charge in [0.05, 0.1) is 14.2 Å². The van der Waals surface area contributed by atoms with Crippen molar-refractivity contribution in [2.24, 2.45) is 5.41 Å². The van der Waals surface area contributed by atoms with Crippen LogP contribution < -0.4 is 19.7 Å². The van der Waals surface area contributed by atoms with Crippen molar-refractivity contribution >= 4 is 5.69 Å². The van der Waals surface area contributed by atoms with E-state index in [0.717, 1.165) is 18.0 Å². The lowest BCUT2D eigenvalue weighted by atomic mass is 9.78. The van der Waals surface area contributed by atoms with Crippen molar-refractivity contribution in [2.75, 3.05) is 45.3 Å². The monoisotopic (exact) mass is 276 g/mol. The predicted molar refractivity (Wildman–Crippen MR) is 80.9 cm³/mol. The molecule has 1 N–H and O–H groups in total. The van der Waals surface area contributed by atoms with Gasteiger partial charge in [0.1, 0.15) is 0 Å². The van der Waals surface area contributed by atoms with Crippen molar-refractivity contribution in [3.63, 3.8) is 0 Å². The van der Waals surface area contributed by atoms with E-state index in [4.69, 9.17) is 9.47 Å². The van der Waals surface area contributed by atoms with Crippen LogP contribution in [0.2, 0.25) is 0 Å². The fourth-order valence-corrected chi connectivity index (χ4v) is 3.54. The van der Waals surface area contributed by atoms with Gasteiger partial charge in [0.15, 0.2) is 11.5 Å². The molecule has 0 unspecified atom stereocenters. The number of ether oxygens (including phenoxy) is 2. The molecule has 2 fully saturated rings. The minimum Gasteiger partial charge on any atom is -0.493 e. The van der Waals surface area contributed by atoms with Gasteiger partial charge in [-0.15, -0.1) is 0 Å². The molecule has 1 aromatic rings. The van der Waals surface area contributed by atoms with Crippen LogP contribution in [-0.4, -0.2) is 40.4 Å². The van der Waals surface area contributed by atoms with Crippen LogP contribution in [0.15, 0.2) is 18.2 Å². The van der Waals surface area contributed by atoms with Crippen LogP contribution in [0.4, 0.5) is 5.69 Å². The van der Waals surface area contributed by atoms with E-state index in [1.165, 1.54) is 44.6 Å². The average Bonchev–Trinajstić information content (AvgIpc) is 2.91. The molecule has 3 rings (SSSR count).